The van der Waals surface area contributed by atoms with Crippen molar-refractivity contribution in [3.63, 3.8) is 0 Å². The van der Waals surface area contributed by atoms with E-state index in [9.17, 15) is 4.79 Å². The van der Waals surface area contributed by atoms with E-state index >= 15 is 0 Å². The van der Waals surface area contributed by atoms with Crippen LogP contribution < -0.4 is 5.32 Å². The number of aromatic amines is 1. The number of benzene rings is 2. The van der Waals surface area contributed by atoms with E-state index in [1.165, 1.54) is 24.0 Å². The molecule has 0 saturated carbocycles. The summed E-state index contributed by atoms with van der Waals surface area (Å²) in [5.41, 5.74) is 4.27. The Labute approximate surface area is 166 Å². The summed E-state index contributed by atoms with van der Waals surface area (Å²) in [6.45, 7) is 6.18. The number of hydrogen-bond donors (Lipinski definition) is 2. The van der Waals surface area contributed by atoms with Gasteiger partial charge in [0.05, 0.1) is 17.6 Å². The van der Waals surface area contributed by atoms with Gasteiger partial charge in [0, 0.05) is 25.0 Å². The molecule has 3 aromatic rings. The van der Waals surface area contributed by atoms with Gasteiger partial charge in [-0.05, 0) is 42.5 Å². The number of carbonyl (C=O) groups excluding carboxylic acids is 1. The molecule has 0 radical (unpaired) electrons. The van der Waals surface area contributed by atoms with Gasteiger partial charge >= 0.3 is 0 Å². The summed E-state index contributed by atoms with van der Waals surface area (Å²) < 4.78 is 0. The van der Waals surface area contributed by atoms with Gasteiger partial charge in [-0.3, -0.25) is 14.8 Å². The quantitative estimate of drug-likeness (QED) is 0.690. The first-order valence-electron chi connectivity index (χ1n) is 10.2. The van der Waals surface area contributed by atoms with Crippen LogP contribution in [0, 0.1) is 5.92 Å². The molecule has 1 fully saturated rings. The predicted octanol–water partition coefficient (Wildman–Crippen LogP) is 3.65. The normalized spacial score (nSPS) is 17.7. The topological polar surface area (TPSA) is 61.0 Å². The Hall–Kier alpha value is -2.66. The number of hydrogen-bond acceptors (Lipinski definition) is 3. The molecule has 1 aromatic heterocycles. The smallest absolute Gasteiger partial charge is 0.226 e. The molecule has 2 N–H and O–H groups in total. The predicted molar refractivity (Wildman–Crippen MR) is 112 cm³/mol. The summed E-state index contributed by atoms with van der Waals surface area (Å²) in [5.74, 6) is 0.778. The van der Waals surface area contributed by atoms with Crippen LogP contribution in [-0.2, 0) is 24.3 Å². The molecule has 1 aliphatic heterocycles. The van der Waals surface area contributed by atoms with Crippen molar-refractivity contribution in [3.8, 4) is 0 Å². The standard InChI is InChI=1S/C23H28N4O/c1-17-7-6-12-27(15-17)16-19-9-3-2-8-18(19)14-24-23(28)13-22-20-10-4-5-11-21(20)25-26-22/h2-5,8-11,17H,6-7,12-16H2,1H3,(H,24,28)(H,25,26)/t17-/m1/s1. The summed E-state index contributed by atoms with van der Waals surface area (Å²) in [6.07, 6.45) is 2.92. The molecule has 0 unspecified atom stereocenters. The highest BCUT2D eigenvalue weighted by Gasteiger charge is 2.17. The Bertz CT molecular complexity index is 948. The fraction of sp³-hybridized carbons (Fsp3) is 0.391. The summed E-state index contributed by atoms with van der Waals surface area (Å²) in [4.78, 5) is 15.0. The molecule has 1 aliphatic rings. The number of aromatic nitrogens is 2. The Morgan fingerprint density at radius 3 is 2.82 bits per heavy atom. The maximum Gasteiger partial charge on any atom is 0.226 e. The SMILES string of the molecule is C[C@@H]1CCCN(Cc2ccccc2CNC(=O)Cc2[nH]nc3ccccc23)C1. The van der Waals surface area contributed by atoms with Crippen LogP contribution in [0.3, 0.4) is 0 Å². The van der Waals surface area contributed by atoms with Crippen molar-refractivity contribution in [3.05, 3.63) is 65.4 Å². The second-order valence-electron chi connectivity index (χ2n) is 7.92. The molecule has 4 rings (SSSR count). The second-order valence-corrected chi connectivity index (χ2v) is 7.92. The van der Waals surface area contributed by atoms with Crippen LogP contribution in [0.4, 0.5) is 0 Å². The van der Waals surface area contributed by atoms with Crippen molar-refractivity contribution in [2.75, 3.05) is 13.1 Å². The molecule has 1 saturated heterocycles. The van der Waals surface area contributed by atoms with Crippen LogP contribution in [0.15, 0.2) is 48.5 Å². The molecule has 2 heterocycles. The first kappa shape index (κ1) is 18.7. The molecule has 0 aliphatic carbocycles. The van der Waals surface area contributed by atoms with Gasteiger partial charge < -0.3 is 5.32 Å². The Kier molecular flexibility index (Phi) is 5.72. The van der Waals surface area contributed by atoms with Crippen molar-refractivity contribution in [1.82, 2.24) is 20.4 Å². The zero-order chi connectivity index (χ0) is 19.3. The van der Waals surface area contributed by atoms with E-state index in [0.717, 1.165) is 42.1 Å². The number of H-pyrrole nitrogens is 1. The van der Waals surface area contributed by atoms with Crippen molar-refractivity contribution in [2.45, 2.75) is 39.3 Å². The lowest BCUT2D eigenvalue weighted by Gasteiger charge is -2.31. The lowest BCUT2D eigenvalue weighted by molar-refractivity contribution is -0.120. The largest absolute Gasteiger partial charge is 0.352 e. The Morgan fingerprint density at radius 1 is 1.18 bits per heavy atom. The Balaban J connectivity index is 1.37. The number of nitrogens with zero attached hydrogens (tertiary/aromatic N) is 2. The van der Waals surface area contributed by atoms with Crippen LogP contribution in [0.25, 0.3) is 10.9 Å². The maximum absolute atomic E-state index is 12.5. The van der Waals surface area contributed by atoms with E-state index < -0.39 is 0 Å². The molecule has 2 aromatic carbocycles. The third-order valence-electron chi connectivity index (χ3n) is 5.61. The minimum absolute atomic E-state index is 0.0100. The number of fused-ring (bicyclic) bond motifs is 1. The summed E-state index contributed by atoms with van der Waals surface area (Å²) in [7, 11) is 0. The average molecular weight is 377 g/mol. The molecule has 1 amide bonds. The van der Waals surface area contributed by atoms with Gasteiger partial charge in [-0.1, -0.05) is 49.4 Å². The molecule has 0 spiro atoms. The van der Waals surface area contributed by atoms with Crippen LogP contribution in [0.1, 0.15) is 36.6 Å². The lowest BCUT2D eigenvalue weighted by Crippen LogP contribution is -2.34. The molecule has 146 valence electrons. The van der Waals surface area contributed by atoms with Crippen LogP contribution in [0.5, 0.6) is 0 Å². The number of nitrogens with one attached hydrogen (secondary N) is 2. The van der Waals surface area contributed by atoms with Gasteiger partial charge in [-0.2, -0.15) is 5.10 Å². The van der Waals surface area contributed by atoms with Gasteiger partial charge in [-0.25, -0.2) is 0 Å². The highest BCUT2D eigenvalue weighted by Crippen LogP contribution is 2.20. The number of amides is 1. The third-order valence-corrected chi connectivity index (χ3v) is 5.61. The van der Waals surface area contributed by atoms with E-state index in [1.54, 1.807) is 0 Å². The third kappa shape index (κ3) is 4.42. The zero-order valence-electron chi connectivity index (χ0n) is 16.4. The number of carbonyl (C=O) groups is 1. The number of piperidine rings is 1. The van der Waals surface area contributed by atoms with E-state index in [1.807, 2.05) is 30.3 Å². The van der Waals surface area contributed by atoms with E-state index in [4.69, 9.17) is 0 Å². The summed E-state index contributed by atoms with van der Waals surface area (Å²) >= 11 is 0. The summed E-state index contributed by atoms with van der Waals surface area (Å²) in [5, 5.41) is 11.4. The number of likely N-dealkylation sites (tertiary alicyclic amines) is 1. The van der Waals surface area contributed by atoms with E-state index in [-0.39, 0.29) is 5.91 Å². The average Bonchev–Trinajstić information content (AvgIpc) is 3.10. The molecule has 5 nitrogen and oxygen atoms in total. The lowest BCUT2D eigenvalue weighted by atomic mass is 9.99. The van der Waals surface area contributed by atoms with Crippen molar-refractivity contribution in [2.24, 2.45) is 5.92 Å². The minimum atomic E-state index is 0.0100. The highest BCUT2D eigenvalue weighted by molar-refractivity contribution is 5.87. The van der Waals surface area contributed by atoms with Gasteiger partial charge in [-0.15, -0.1) is 0 Å². The molecule has 0 bridgehead atoms. The number of rotatable bonds is 6. The molecule has 1 atom stereocenters. The maximum atomic E-state index is 12.5. The zero-order valence-corrected chi connectivity index (χ0v) is 16.4. The van der Waals surface area contributed by atoms with Crippen molar-refractivity contribution in [1.29, 1.82) is 0 Å². The Morgan fingerprint density at radius 2 is 1.96 bits per heavy atom. The van der Waals surface area contributed by atoms with Gasteiger partial charge in [0.25, 0.3) is 0 Å². The first-order valence-corrected chi connectivity index (χ1v) is 10.2. The monoisotopic (exact) mass is 376 g/mol. The van der Waals surface area contributed by atoms with Crippen molar-refractivity contribution >= 4 is 16.8 Å². The van der Waals surface area contributed by atoms with Gasteiger partial charge in [0.2, 0.25) is 5.91 Å². The van der Waals surface area contributed by atoms with Gasteiger partial charge in [0.15, 0.2) is 0 Å². The fourth-order valence-electron chi connectivity index (χ4n) is 4.12. The minimum Gasteiger partial charge on any atom is -0.352 e. The second kappa shape index (κ2) is 8.57. The number of para-hydroxylation sites is 1. The fourth-order valence-corrected chi connectivity index (χ4v) is 4.12. The van der Waals surface area contributed by atoms with E-state index in [2.05, 4.69) is 45.5 Å². The first-order chi connectivity index (χ1) is 13.7. The highest BCUT2D eigenvalue weighted by atomic mass is 16.1. The van der Waals surface area contributed by atoms with Gasteiger partial charge in [0.1, 0.15) is 0 Å². The van der Waals surface area contributed by atoms with Crippen LogP contribution in [0.2, 0.25) is 0 Å². The van der Waals surface area contributed by atoms with Crippen LogP contribution >= 0.6 is 0 Å². The summed E-state index contributed by atoms with van der Waals surface area (Å²) in [6, 6.07) is 16.3. The molecule has 5 heteroatoms. The van der Waals surface area contributed by atoms with Crippen LogP contribution in [-0.4, -0.2) is 34.1 Å². The van der Waals surface area contributed by atoms with Crippen molar-refractivity contribution < 1.29 is 4.79 Å². The van der Waals surface area contributed by atoms with E-state index in [0.29, 0.717) is 13.0 Å². The molecule has 28 heavy (non-hydrogen) atoms. The molecular weight excluding hydrogens is 348 g/mol. The molecular formula is C23H28N4O.